The molecule has 2 N–H and O–H groups in total. The second kappa shape index (κ2) is 4.07. The van der Waals surface area contributed by atoms with Crippen LogP contribution in [-0.2, 0) is 4.74 Å². The minimum Gasteiger partial charge on any atom is -0.376 e. The molecule has 2 atom stereocenters. The molecule has 1 aliphatic heterocycles. The van der Waals surface area contributed by atoms with Crippen molar-refractivity contribution in [2.75, 3.05) is 11.9 Å². The van der Waals surface area contributed by atoms with Crippen molar-refractivity contribution in [3.63, 3.8) is 0 Å². The van der Waals surface area contributed by atoms with Gasteiger partial charge >= 0.3 is 0 Å². The summed E-state index contributed by atoms with van der Waals surface area (Å²) in [4.78, 5) is 15.4. The van der Waals surface area contributed by atoms with Gasteiger partial charge in [0.15, 0.2) is 11.5 Å². The predicted octanol–water partition coefficient (Wildman–Crippen LogP) is 1.99. The Hall–Kier alpha value is -1.40. The number of rotatable bonds is 2. The molecule has 1 fully saturated rings. The van der Waals surface area contributed by atoms with Crippen molar-refractivity contribution in [2.45, 2.75) is 31.9 Å². The molecule has 0 aliphatic carbocycles. The number of ether oxygens (including phenoxy) is 1. The van der Waals surface area contributed by atoms with E-state index >= 15 is 0 Å². The highest BCUT2D eigenvalue weighted by atomic mass is 35.5. The molecule has 18 heavy (non-hydrogen) atoms. The van der Waals surface area contributed by atoms with Crippen molar-refractivity contribution in [1.82, 2.24) is 19.9 Å². The average molecular weight is 268 g/mol. The molecule has 7 heteroatoms. The summed E-state index contributed by atoms with van der Waals surface area (Å²) in [6, 6.07) is 0. The number of H-pyrrole nitrogens is 1. The lowest BCUT2D eigenvalue weighted by atomic mass is 9.95. The van der Waals surface area contributed by atoms with E-state index in [0.29, 0.717) is 11.5 Å². The Kier molecular flexibility index (Phi) is 2.64. The largest absolute Gasteiger partial charge is 0.376 e. The molecular weight excluding hydrogens is 254 g/mol. The molecule has 3 heterocycles. The number of imidazole rings is 1. The molecule has 0 bridgehead atoms. The first-order chi connectivity index (χ1) is 8.58. The Morgan fingerprint density at radius 3 is 3.11 bits per heavy atom. The van der Waals surface area contributed by atoms with Gasteiger partial charge < -0.3 is 15.0 Å². The second-order valence-electron chi connectivity index (χ2n) is 4.75. The van der Waals surface area contributed by atoms with Gasteiger partial charge in [-0.05, 0) is 31.9 Å². The highest BCUT2D eigenvalue weighted by molar-refractivity contribution is 6.28. The minimum absolute atomic E-state index is 0.115. The lowest BCUT2D eigenvalue weighted by Gasteiger charge is -2.29. The summed E-state index contributed by atoms with van der Waals surface area (Å²) >= 11 is 5.90. The number of nitrogens with zero attached hydrogens (tertiary/aromatic N) is 3. The van der Waals surface area contributed by atoms with Crippen molar-refractivity contribution in [3.8, 4) is 0 Å². The van der Waals surface area contributed by atoms with Crippen LogP contribution in [0, 0.1) is 0 Å². The first-order valence-corrected chi connectivity index (χ1v) is 6.23. The maximum Gasteiger partial charge on any atom is 0.226 e. The van der Waals surface area contributed by atoms with E-state index in [1.807, 2.05) is 6.92 Å². The number of hydrogen-bond donors (Lipinski definition) is 2. The molecule has 2 aromatic rings. The predicted molar refractivity (Wildman–Crippen MR) is 68.8 cm³/mol. The summed E-state index contributed by atoms with van der Waals surface area (Å²) in [6.45, 7) is 4.91. The van der Waals surface area contributed by atoms with Crippen LogP contribution in [0.1, 0.15) is 20.3 Å². The van der Waals surface area contributed by atoms with Crippen molar-refractivity contribution >= 4 is 28.6 Å². The number of fused-ring (bicyclic) bond motifs is 1. The van der Waals surface area contributed by atoms with Gasteiger partial charge in [-0.2, -0.15) is 9.97 Å². The molecule has 3 rings (SSSR count). The van der Waals surface area contributed by atoms with E-state index in [0.717, 1.165) is 18.5 Å². The summed E-state index contributed by atoms with van der Waals surface area (Å²) in [5.41, 5.74) is 1.17. The van der Waals surface area contributed by atoms with Gasteiger partial charge in [0, 0.05) is 6.61 Å². The fourth-order valence-electron chi connectivity index (χ4n) is 2.17. The molecule has 2 unspecified atom stereocenters. The van der Waals surface area contributed by atoms with Gasteiger partial charge in [-0.3, -0.25) is 0 Å². The van der Waals surface area contributed by atoms with E-state index in [-0.39, 0.29) is 16.9 Å². The van der Waals surface area contributed by atoms with Crippen LogP contribution in [0.3, 0.4) is 0 Å². The summed E-state index contributed by atoms with van der Waals surface area (Å²) in [6.07, 6.45) is 2.62. The van der Waals surface area contributed by atoms with E-state index in [4.69, 9.17) is 16.3 Å². The summed E-state index contributed by atoms with van der Waals surface area (Å²) in [5, 5.41) is 3.59. The molecule has 1 aliphatic rings. The van der Waals surface area contributed by atoms with E-state index in [9.17, 15) is 0 Å². The van der Waals surface area contributed by atoms with Crippen molar-refractivity contribution < 1.29 is 4.74 Å². The third-order valence-electron chi connectivity index (χ3n) is 3.55. The molecule has 0 radical (unpaired) electrons. The summed E-state index contributed by atoms with van der Waals surface area (Å²) in [5.74, 6) is 0.669. The Bertz CT molecular complexity index is 586. The topological polar surface area (TPSA) is 75.7 Å². The van der Waals surface area contributed by atoms with Gasteiger partial charge in [0.2, 0.25) is 5.28 Å². The van der Waals surface area contributed by atoms with E-state index in [2.05, 4.69) is 32.2 Å². The molecule has 0 spiro atoms. The molecule has 1 saturated heterocycles. The van der Waals surface area contributed by atoms with Gasteiger partial charge in [0.1, 0.15) is 5.52 Å². The fourth-order valence-corrected chi connectivity index (χ4v) is 2.33. The number of aromatic amines is 1. The average Bonchev–Trinajstić information content (AvgIpc) is 2.87. The zero-order chi connectivity index (χ0) is 12.8. The van der Waals surface area contributed by atoms with Gasteiger partial charge in [0.25, 0.3) is 0 Å². The van der Waals surface area contributed by atoms with Gasteiger partial charge in [0.05, 0.1) is 18.0 Å². The van der Waals surface area contributed by atoms with E-state index in [1.165, 1.54) is 0 Å². The lowest BCUT2D eigenvalue weighted by Crippen LogP contribution is -2.41. The van der Waals surface area contributed by atoms with Crippen LogP contribution in [0.5, 0.6) is 0 Å². The highest BCUT2D eigenvalue weighted by Gasteiger charge is 2.37. The number of anilines is 1. The smallest absolute Gasteiger partial charge is 0.226 e. The Morgan fingerprint density at radius 2 is 2.39 bits per heavy atom. The molecule has 0 aromatic carbocycles. The van der Waals surface area contributed by atoms with Crippen LogP contribution in [0.2, 0.25) is 5.28 Å². The SMILES string of the molecule is CC1OCCC1(C)Nc1nc(Cl)nc2nc[nH]c12. The molecule has 0 amide bonds. The van der Waals surface area contributed by atoms with E-state index < -0.39 is 0 Å². The fraction of sp³-hybridized carbons (Fsp3) is 0.545. The van der Waals surface area contributed by atoms with Crippen molar-refractivity contribution in [1.29, 1.82) is 0 Å². The maximum absolute atomic E-state index is 5.90. The number of aromatic nitrogens is 4. The first-order valence-electron chi connectivity index (χ1n) is 5.85. The first kappa shape index (κ1) is 11.7. The Labute approximate surface area is 109 Å². The molecular formula is C11H14ClN5O. The van der Waals surface area contributed by atoms with Crippen LogP contribution in [0.25, 0.3) is 11.2 Å². The minimum atomic E-state index is -0.157. The zero-order valence-corrected chi connectivity index (χ0v) is 11.0. The molecule has 2 aromatic heterocycles. The summed E-state index contributed by atoms with van der Waals surface area (Å²) < 4.78 is 5.60. The highest BCUT2D eigenvalue weighted by Crippen LogP contribution is 2.31. The number of nitrogens with one attached hydrogen (secondary N) is 2. The van der Waals surface area contributed by atoms with Gasteiger partial charge in [-0.25, -0.2) is 4.98 Å². The monoisotopic (exact) mass is 267 g/mol. The Balaban J connectivity index is 2.01. The lowest BCUT2D eigenvalue weighted by molar-refractivity contribution is 0.105. The third-order valence-corrected chi connectivity index (χ3v) is 3.72. The number of halogens is 1. The third kappa shape index (κ3) is 1.81. The standard InChI is InChI=1S/C11H14ClN5O/c1-6-11(2,3-4-18-6)17-9-7-8(14-5-13-7)15-10(12)16-9/h5-6H,3-4H2,1-2H3,(H2,13,14,15,16,17). The van der Waals surface area contributed by atoms with E-state index in [1.54, 1.807) is 6.33 Å². The van der Waals surface area contributed by atoms with Crippen molar-refractivity contribution in [2.24, 2.45) is 0 Å². The normalized spacial score (nSPS) is 27.8. The maximum atomic E-state index is 5.90. The van der Waals surface area contributed by atoms with Crippen LogP contribution >= 0.6 is 11.6 Å². The molecule has 6 nitrogen and oxygen atoms in total. The summed E-state index contributed by atoms with van der Waals surface area (Å²) in [7, 11) is 0. The van der Waals surface area contributed by atoms with Gasteiger partial charge in [-0.15, -0.1) is 0 Å². The Morgan fingerprint density at radius 1 is 1.56 bits per heavy atom. The van der Waals surface area contributed by atoms with Gasteiger partial charge in [-0.1, -0.05) is 0 Å². The van der Waals surface area contributed by atoms with Crippen molar-refractivity contribution in [3.05, 3.63) is 11.6 Å². The zero-order valence-electron chi connectivity index (χ0n) is 10.2. The van der Waals surface area contributed by atoms with Crippen LogP contribution in [0.4, 0.5) is 5.82 Å². The van der Waals surface area contributed by atoms with Crippen LogP contribution < -0.4 is 5.32 Å². The van der Waals surface area contributed by atoms with Crippen LogP contribution in [0.15, 0.2) is 6.33 Å². The van der Waals surface area contributed by atoms with Crippen LogP contribution in [-0.4, -0.2) is 38.2 Å². The molecule has 0 saturated carbocycles. The molecule has 96 valence electrons. The quantitative estimate of drug-likeness (QED) is 0.814. The second-order valence-corrected chi connectivity index (χ2v) is 5.09. The number of hydrogen-bond acceptors (Lipinski definition) is 5.